The van der Waals surface area contributed by atoms with Crippen LogP contribution >= 0.6 is 0 Å². The zero-order valence-electron chi connectivity index (χ0n) is 4.16. The third kappa shape index (κ3) is 5.82. The van der Waals surface area contributed by atoms with Crippen LogP contribution in [0.25, 0.3) is 0 Å². The van der Waals surface area contributed by atoms with Crippen LogP contribution in [0.3, 0.4) is 0 Å². The Kier molecular flexibility index (Phi) is 3.89. The van der Waals surface area contributed by atoms with Crippen molar-refractivity contribution in [2.75, 3.05) is 13.2 Å². The monoisotopic (exact) mass is 110 g/mol. The lowest BCUT2D eigenvalue weighted by molar-refractivity contribution is 0.0227. The molecule has 0 aliphatic carbocycles. The molecule has 0 spiro atoms. The van der Waals surface area contributed by atoms with E-state index in [0.717, 1.165) is 0 Å². The predicted octanol–water partition coefficient (Wildman–Crippen LogP) is 1.29. The third-order valence-corrected chi connectivity index (χ3v) is 0.448. The van der Waals surface area contributed by atoms with Crippen molar-refractivity contribution >= 4 is 0 Å². The van der Waals surface area contributed by atoms with Crippen LogP contribution in [-0.4, -0.2) is 19.6 Å². The van der Waals surface area contributed by atoms with E-state index in [-0.39, 0.29) is 0 Å². The van der Waals surface area contributed by atoms with Gasteiger partial charge in [-0.1, -0.05) is 0 Å². The highest BCUT2D eigenvalue weighted by molar-refractivity contribution is 4.29. The lowest BCUT2D eigenvalue weighted by Gasteiger charge is -1.95. The van der Waals surface area contributed by atoms with Gasteiger partial charge in [-0.3, -0.25) is 0 Å². The van der Waals surface area contributed by atoms with Crippen molar-refractivity contribution in [3.05, 3.63) is 0 Å². The van der Waals surface area contributed by atoms with E-state index in [0.29, 0.717) is 6.61 Å². The number of hydrogen-bond acceptors (Lipinski definition) is 1. The van der Waals surface area contributed by atoms with Crippen LogP contribution in [0.1, 0.15) is 6.92 Å². The highest BCUT2D eigenvalue weighted by atomic mass is 19.3. The molecule has 0 bridgehead atoms. The minimum atomic E-state index is -2.32. The summed E-state index contributed by atoms with van der Waals surface area (Å²) >= 11 is 0. The average Bonchev–Trinajstić information content (AvgIpc) is 1.61. The summed E-state index contributed by atoms with van der Waals surface area (Å²) in [6.45, 7) is 1.61. The second-order valence-corrected chi connectivity index (χ2v) is 1.05. The minimum Gasteiger partial charge on any atom is -0.376 e. The largest absolute Gasteiger partial charge is 0.376 e. The molecule has 3 heteroatoms. The molecule has 44 valence electrons. The first-order valence-corrected chi connectivity index (χ1v) is 2.13. The van der Waals surface area contributed by atoms with Gasteiger partial charge in [-0.05, 0) is 6.92 Å². The number of ether oxygens (including phenoxy) is 1. The maximum Gasteiger partial charge on any atom is 0.261 e. The number of hydrogen-bond donors (Lipinski definition) is 0. The molecule has 0 saturated heterocycles. The molecule has 1 nitrogen and oxygen atoms in total. The SMILES string of the molecule is CCOCC(F)F. The van der Waals surface area contributed by atoms with E-state index in [1.54, 1.807) is 6.92 Å². The third-order valence-electron chi connectivity index (χ3n) is 0.448. The van der Waals surface area contributed by atoms with Crippen molar-refractivity contribution in [3.63, 3.8) is 0 Å². The molecular formula is C4H8F2O. The van der Waals surface area contributed by atoms with Gasteiger partial charge in [0.1, 0.15) is 6.61 Å². The zero-order valence-corrected chi connectivity index (χ0v) is 4.16. The van der Waals surface area contributed by atoms with Crippen molar-refractivity contribution in [2.24, 2.45) is 0 Å². The molecule has 0 aliphatic heterocycles. The molecule has 0 heterocycles. The molecule has 0 saturated carbocycles. The fourth-order valence-corrected chi connectivity index (χ4v) is 0.207. The van der Waals surface area contributed by atoms with Gasteiger partial charge in [0, 0.05) is 6.61 Å². The summed E-state index contributed by atoms with van der Waals surface area (Å²) in [5.74, 6) is 0. The Morgan fingerprint density at radius 1 is 1.57 bits per heavy atom. The minimum absolute atomic E-state index is 0.365. The first kappa shape index (κ1) is 6.82. The highest BCUT2D eigenvalue weighted by Gasteiger charge is 1.98. The average molecular weight is 110 g/mol. The Labute approximate surface area is 41.3 Å². The van der Waals surface area contributed by atoms with Crippen molar-refractivity contribution in [1.82, 2.24) is 0 Å². The maximum absolute atomic E-state index is 11.1. The fraction of sp³-hybridized carbons (Fsp3) is 1.00. The van der Waals surface area contributed by atoms with Crippen LogP contribution in [0.2, 0.25) is 0 Å². The van der Waals surface area contributed by atoms with Gasteiger partial charge in [0.25, 0.3) is 6.43 Å². The molecule has 0 amide bonds. The van der Waals surface area contributed by atoms with Crippen LogP contribution < -0.4 is 0 Å². The van der Waals surface area contributed by atoms with Gasteiger partial charge in [0.05, 0.1) is 0 Å². The highest BCUT2D eigenvalue weighted by Crippen LogP contribution is 1.90. The van der Waals surface area contributed by atoms with Crippen LogP contribution in [0, 0.1) is 0 Å². The molecule has 0 aliphatic rings. The molecule has 0 atom stereocenters. The first-order chi connectivity index (χ1) is 3.27. The van der Waals surface area contributed by atoms with E-state index in [1.165, 1.54) is 0 Å². The topological polar surface area (TPSA) is 9.23 Å². The van der Waals surface area contributed by atoms with E-state index in [2.05, 4.69) is 4.74 Å². The van der Waals surface area contributed by atoms with Gasteiger partial charge in [0.2, 0.25) is 0 Å². The van der Waals surface area contributed by atoms with E-state index < -0.39 is 13.0 Å². The Hall–Kier alpha value is -0.180. The normalized spacial score (nSPS) is 10.3. The van der Waals surface area contributed by atoms with E-state index in [9.17, 15) is 8.78 Å². The zero-order chi connectivity index (χ0) is 5.70. The van der Waals surface area contributed by atoms with Gasteiger partial charge in [-0.2, -0.15) is 0 Å². The number of alkyl halides is 2. The van der Waals surface area contributed by atoms with Gasteiger partial charge in [-0.15, -0.1) is 0 Å². The Balaban J connectivity index is 2.68. The lowest BCUT2D eigenvalue weighted by Crippen LogP contribution is -2.02. The molecule has 0 fully saturated rings. The molecule has 7 heavy (non-hydrogen) atoms. The second-order valence-electron chi connectivity index (χ2n) is 1.05. The maximum atomic E-state index is 11.1. The fourth-order valence-electron chi connectivity index (χ4n) is 0.207. The summed E-state index contributed by atoms with van der Waals surface area (Å²) in [6, 6.07) is 0. The van der Waals surface area contributed by atoms with Crippen molar-refractivity contribution in [3.8, 4) is 0 Å². The van der Waals surface area contributed by atoms with Crippen molar-refractivity contribution < 1.29 is 13.5 Å². The van der Waals surface area contributed by atoms with Gasteiger partial charge >= 0.3 is 0 Å². The van der Waals surface area contributed by atoms with Gasteiger partial charge in [0.15, 0.2) is 0 Å². The number of rotatable bonds is 3. The first-order valence-electron chi connectivity index (χ1n) is 2.13. The molecule has 0 N–H and O–H groups in total. The van der Waals surface area contributed by atoms with Gasteiger partial charge < -0.3 is 4.74 Å². The quantitative estimate of drug-likeness (QED) is 0.531. The molecule has 0 aromatic heterocycles. The van der Waals surface area contributed by atoms with Gasteiger partial charge in [-0.25, -0.2) is 8.78 Å². The summed E-state index contributed by atoms with van der Waals surface area (Å²) in [5, 5.41) is 0. The molecule has 0 aromatic rings. The Morgan fingerprint density at radius 2 is 2.14 bits per heavy atom. The summed E-state index contributed by atoms with van der Waals surface area (Å²) in [6.07, 6.45) is -2.32. The van der Waals surface area contributed by atoms with Crippen LogP contribution in [0.4, 0.5) is 8.78 Å². The summed E-state index contributed by atoms with van der Waals surface area (Å²) in [7, 11) is 0. The molecule has 0 rings (SSSR count). The van der Waals surface area contributed by atoms with Crippen LogP contribution in [-0.2, 0) is 4.74 Å². The predicted molar refractivity (Wildman–Crippen MR) is 22.5 cm³/mol. The Bertz CT molecular complexity index is 38.7. The van der Waals surface area contributed by atoms with Crippen molar-refractivity contribution in [2.45, 2.75) is 13.3 Å². The van der Waals surface area contributed by atoms with Crippen LogP contribution in [0.15, 0.2) is 0 Å². The summed E-state index contributed by atoms with van der Waals surface area (Å²) in [5.41, 5.74) is 0. The van der Waals surface area contributed by atoms with Crippen molar-refractivity contribution in [1.29, 1.82) is 0 Å². The summed E-state index contributed by atoms with van der Waals surface area (Å²) < 4.78 is 26.5. The molecule has 0 aromatic carbocycles. The van der Waals surface area contributed by atoms with E-state index in [4.69, 9.17) is 0 Å². The summed E-state index contributed by atoms with van der Waals surface area (Å²) in [4.78, 5) is 0. The standard InChI is InChI=1S/C4H8F2O/c1-2-7-3-4(5)6/h4H,2-3H2,1H3. The lowest BCUT2D eigenvalue weighted by atomic mass is 10.7. The smallest absolute Gasteiger partial charge is 0.261 e. The second kappa shape index (κ2) is 3.99. The van der Waals surface area contributed by atoms with Crippen LogP contribution in [0.5, 0.6) is 0 Å². The molecular weight excluding hydrogens is 102 g/mol. The number of halogens is 2. The van der Waals surface area contributed by atoms with E-state index in [1.807, 2.05) is 0 Å². The molecule has 0 radical (unpaired) electrons. The Morgan fingerprint density at radius 3 is 2.29 bits per heavy atom. The van der Waals surface area contributed by atoms with E-state index >= 15 is 0 Å². The molecule has 0 unspecified atom stereocenters.